The quantitative estimate of drug-likeness (QED) is 0.745. The summed E-state index contributed by atoms with van der Waals surface area (Å²) >= 11 is 0. The first-order valence-corrected chi connectivity index (χ1v) is 8.46. The van der Waals surface area contributed by atoms with Crippen LogP contribution in [-0.2, 0) is 9.59 Å². The Labute approximate surface area is 125 Å². The molecule has 0 aromatic carbocycles. The highest BCUT2D eigenvalue weighted by molar-refractivity contribution is 5.91. The molecule has 0 heterocycles. The Kier molecular flexibility index (Phi) is 2.94. The SMILES string of the molecule is C[C@]12CCC3[C@@H](C[C@@H](O)C4=CC(=O)CC[C@@H]43)[C@@H]1CCC2=O. The molecule has 21 heavy (non-hydrogen) atoms. The van der Waals surface area contributed by atoms with Crippen LogP contribution < -0.4 is 0 Å². The number of rotatable bonds is 0. The fraction of sp³-hybridized carbons (Fsp3) is 0.778. The van der Waals surface area contributed by atoms with Crippen LogP contribution in [0.4, 0.5) is 0 Å². The third-order valence-electron chi connectivity index (χ3n) is 7.06. The average Bonchev–Trinajstić information content (AvgIpc) is 2.76. The monoisotopic (exact) mass is 288 g/mol. The van der Waals surface area contributed by atoms with Crippen LogP contribution in [0.25, 0.3) is 0 Å². The molecule has 6 atom stereocenters. The third kappa shape index (κ3) is 1.82. The van der Waals surface area contributed by atoms with Crippen LogP contribution in [-0.4, -0.2) is 22.8 Å². The van der Waals surface area contributed by atoms with E-state index in [1.807, 2.05) is 0 Å². The van der Waals surface area contributed by atoms with Gasteiger partial charge in [0.2, 0.25) is 0 Å². The molecule has 114 valence electrons. The molecule has 1 unspecified atom stereocenters. The van der Waals surface area contributed by atoms with Gasteiger partial charge in [-0.05, 0) is 67.4 Å². The smallest absolute Gasteiger partial charge is 0.155 e. The first-order valence-electron chi connectivity index (χ1n) is 8.46. The van der Waals surface area contributed by atoms with Crippen LogP contribution in [0.3, 0.4) is 0 Å². The number of Topliss-reactive ketones (excluding diaryl/α,β-unsaturated/α-hetero) is 1. The lowest BCUT2D eigenvalue weighted by atomic mass is 9.52. The molecule has 3 heteroatoms. The summed E-state index contributed by atoms with van der Waals surface area (Å²) in [5.74, 6) is 2.52. The summed E-state index contributed by atoms with van der Waals surface area (Å²) in [5.41, 5.74) is 0.868. The molecule has 0 spiro atoms. The minimum absolute atomic E-state index is 0.132. The van der Waals surface area contributed by atoms with Gasteiger partial charge >= 0.3 is 0 Å². The molecule has 0 aliphatic heterocycles. The molecule has 4 aliphatic rings. The van der Waals surface area contributed by atoms with E-state index in [1.165, 1.54) is 0 Å². The highest BCUT2D eigenvalue weighted by Gasteiger charge is 2.57. The van der Waals surface area contributed by atoms with Gasteiger partial charge in [-0.25, -0.2) is 0 Å². The van der Waals surface area contributed by atoms with Crippen LogP contribution in [0.15, 0.2) is 11.6 Å². The number of carbonyl (C=O) groups excluding carboxylic acids is 2. The number of aliphatic hydroxyl groups is 1. The van der Waals surface area contributed by atoms with Crippen molar-refractivity contribution in [1.29, 1.82) is 0 Å². The molecular formula is C18H24O3. The van der Waals surface area contributed by atoms with E-state index in [2.05, 4.69) is 6.92 Å². The van der Waals surface area contributed by atoms with Gasteiger partial charge in [-0.1, -0.05) is 6.92 Å². The molecule has 0 saturated heterocycles. The standard InChI is InChI=1S/C18H24O3/c1-18-7-6-12-11-3-2-10(19)8-14(11)16(20)9-13(12)15(18)4-5-17(18)21/h8,11-13,15-16,20H,2-7,9H2,1H3/t11-,12?,13-,15+,16-,18+/m1/s1. The molecule has 0 amide bonds. The number of aliphatic hydroxyl groups excluding tert-OH is 1. The molecule has 0 aromatic heterocycles. The van der Waals surface area contributed by atoms with Crippen molar-refractivity contribution in [2.24, 2.45) is 29.1 Å². The van der Waals surface area contributed by atoms with Crippen LogP contribution in [0.2, 0.25) is 0 Å². The molecule has 0 radical (unpaired) electrons. The van der Waals surface area contributed by atoms with Crippen molar-refractivity contribution in [2.45, 2.75) is 58.0 Å². The lowest BCUT2D eigenvalue weighted by Crippen LogP contribution is -2.49. The largest absolute Gasteiger partial charge is 0.389 e. The maximum absolute atomic E-state index is 12.3. The Balaban J connectivity index is 1.68. The van der Waals surface area contributed by atoms with Crippen molar-refractivity contribution in [3.63, 3.8) is 0 Å². The predicted molar refractivity (Wildman–Crippen MR) is 78.5 cm³/mol. The van der Waals surface area contributed by atoms with E-state index in [4.69, 9.17) is 0 Å². The summed E-state index contributed by atoms with van der Waals surface area (Å²) in [6.45, 7) is 2.16. The summed E-state index contributed by atoms with van der Waals surface area (Å²) in [7, 11) is 0. The topological polar surface area (TPSA) is 54.4 Å². The summed E-state index contributed by atoms with van der Waals surface area (Å²) in [5, 5.41) is 10.5. The van der Waals surface area contributed by atoms with Crippen molar-refractivity contribution < 1.29 is 14.7 Å². The zero-order valence-corrected chi connectivity index (χ0v) is 12.7. The summed E-state index contributed by atoms with van der Waals surface area (Å²) in [4.78, 5) is 24.0. The van der Waals surface area contributed by atoms with Crippen molar-refractivity contribution in [3.05, 3.63) is 11.6 Å². The maximum Gasteiger partial charge on any atom is 0.155 e. The summed E-state index contributed by atoms with van der Waals surface area (Å²) in [6, 6.07) is 0. The van der Waals surface area contributed by atoms with Gasteiger partial charge in [-0.3, -0.25) is 9.59 Å². The molecular weight excluding hydrogens is 264 g/mol. The van der Waals surface area contributed by atoms with Crippen LogP contribution in [0.1, 0.15) is 51.9 Å². The molecule has 3 nitrogen and oxygen atoms in total. The molecule has 0 aromatic rings. The molecule has 3 saturated carbocycles. The van der Waals surface area contributed by atoms with Gasteiger partial charge in [-0.15, -0.1) is 0 Å². The van der Waals surface area contributed by atoms with E-state index in [0.29, 0.717) is 35.9 Å². The number of hydrogen-bond donors (Lipinski definition) is 1. The van der Waals surface area contributed by atoms with Gasteiger partial charge in [0.05, 0.1) is 6.10 Å². The van der Waals surface area contributed by atoms with Crippen LogP contribution in [0, 0.1) is 29.1 Å². The Morgan fingerprint density at radius 2 is 1.95 bits per heavy atom. The van der Waals surface area contributed by atoms with Gasteiger partial charge in [0, 0.05) is 18.3 Å². The first-order chi connectivity index (χ1) is 10.0. The number of fused-ring (bicyclic) bond motifs is 5. The van der Waals surface area contributed by atoms with E-state index >= 15 is 0 Å². The number of carbonyl (C=O) groups is 2. The summed E-state index contributed by atoms with van der Waals surface area (Å²) in [6.07, 6.45) is 7.39. The van der Waals surface area contributed by atoms with Gasteiger partial charge in [0.1, 0.15) is 5.78 Å². The van der Waals surface area contributed by atoms with Gasteiger partial charge < -0.3 is 5.11 Å². The minimum atomic E-state index is -0.460. The fourth-order valence-corrected chi connectivity index (χ4v) is 5.95. The molecule has 0 bridgehead atoms. The Morgan fingerprint density at radius 1 is 1.14 bits per heavy atom. The molecule has 1 N–H and O–H groups in total. The fourth-order valence-electron chi connectivity index (χ4n) is 5.95. The Hall–Kier alpha value is -0.960. The lowest BCUT2D eigenvalue weighted by Gasteiger charge is -2.53. The Bertz CT molecular complexity index is 535. The zero-order chi connectivity index (χ0) is 14.8. The first kappa shape index (κ1) is 13.7. The second-order valence-corrected chi connectivity index (χ2v) is 7.86. The van der Waals surface area contributed by atoms with E-state index < -0.39 is 6.10 Å². The van der Waals surface area contributed by atoms with Gasteiger partial charge in [0.15, 0.2) is 5.78 Å². The van der Waals surface area contributed by atoms with Gasteiger partial charge in [0.25, 0.3) is 0 Å². The van der Waals surface area contributed by atoms with Crippen molar-refractivity contribution in [3.8, 4) is 0 Å². The van der Waals surface area contributed by atoms with E-state index in [0.717, 1.165) is 44.1 Å². The third-order valence-corrected chi connectivity index (χ3v) is 7.06. The zero-order valence-electron chi connectivity index (χ0n) is 12.7. The normalized spacial score (nSPS) is 49.2. The lowest BCUT2D eigenvalue weighted by molar-refractivity contribution is -0.132. The average molecular weight is 288 g/mol. The van der Waals surface area contributed by atoms with Crippen molar-refractivity contribution in [2.75, 3.05) is 0 Å². The summed E-state index contributed by atoms with van der Waals surface area (Å²) < 4.78 is 0. The molecule has 4 rings (SSSR count). The number of hydrogen-bond acceptors (Lipinski definition) is 3. The van der Waals surface area contributed by atoms with E-state index in [9.17, 15) is 14.7 Å². The number of ketones is 2. The highest BCUT2D eigenvalue weighted by atomic mass is 16.3. The highest BCUT2D eigenvalue weighted by Crippen LogP contribution is 2.60. The molecule has 4 aliphatic carbocycles. The molecule has 3 fully saturated rings. The van der Waals surface area contributed by atoms with E-state index in [1.54, 1.807) is 6.08 Å². The van der Waals surface area contributed by atoms with Gasteiger partial charge in [-0.2, -0.15) is 0 Å². The second kappa shape index (κ2) is 4.52. The van der Waals surface area contributed by atoms with Crippen molar-refractivity contribution >= 4 is 11.6 Å². The maximum atomic E-state index is 12.3. The van der Waals surface area contributed by atoms with Crippen molar-refractivity contribution in [1.82, 2.24) is 0 Å². The van der Waals surface area contributed by atoms with Crippen LogP contribution >= 0.6 is 0 Å². The van der Waals surface area contributed by atoms with E-state index in [-0.39, 0.29) is 11.2 Å². The van der Waals surface area contributed by atoms with Crippen LogP contribution in [0.5, 0.6) is 0 Å². The second-order valence-electron chi connectivity index (χ2n) is 7.86. The minimum Gasteiger partial charge on any atom is -0.389 e. The Morgan fingerprint density at radius 3 is 2.76 bits per heavy atom. The predicted octanol–water partition coefficient (Wildman–Crippen LogP) is 2.67.